The average molecular weight is 180 g/mol. The summed E-state index contributed by atoms with van der Waals surface area (Å²) in [5, 5.41) is 4.56. The van der Waals surface area contributed by atoms with Crippen LogP contribution in [-0.2, 0) is 19.4 Å². The number of aromatic nitrogens is 2. The van der Waals surface area contributed by atoms with Crippen molar-refractivity contribution in [2.75, 3.05) is 0 Å². The third kappa shape index (κ3) is 2.58. The Morgan fingerprint density at radius 1 is 1.31 bits per heavy atom. The Hall–Kier alpha value is -0.790. The van der Waals surface area contributed by atoms with Crippen LogP contribution in [0.5, 0.6) is 0 Å². The molecule has 0 radical (unpaired) electrons. The maximum atomic E-state index is 4.56. The van der Waals surface area contributed by atoms with Gasteiger partial charge >= 0.3 is 0 Å². The number of rotatable bonds is 4. The number of aryl methyl sites for hydroxylation is 2. The van der Waals surface area contributed by atoms with Gasteiger partial charge in [-0.25, -0.2) is 0 Å². The van der Waals surface area contributed by atoms with Gasteiger partial charge in [-0.1, -0.05) is 27.7 Å². The highest BCUT2D eigenvalue weighted by Gasteiger charge is 2.05. The van der Waals surface area contributed by atoms with Crippen LogP contribution in [0, 0.1) is 5.92 Å². The van der Waals surface area contributed by atoms with E-state index in [0.717, 1.165) is 19.4 Å². The molecule has 0 aliphatic heterocycles. The van der Waals surface area contributed by atoms with Gasteiger partial charge in [-0.3, -0.25) is 4.68 Å². The second kappa shape index (κ2) is 4.45. The van der Waals surface area contributed by atoms with Gasteiger partial charge in [-0.2, -0.15) is 5.10 Å². The van der Waals surface area contributed by atoms with Crippen molar-refractivity contribution in [2.45, 2.75) is 47.1 Å². The second-order valence-electron chi connectivity index (χ2n) is 3.91. The first-order valence-corrected chi connectivity index (χ1v) is 5.23. The summed E-state index contributed by atoms with van der Waals surface area (Å²) < 4.78 is 2.16. The van der Waals surface area contributed by atoms with Gasteiger partial charge in [0.15, 0.2) is 0 Å². The molecule has 0 bridgehead atoms. The molecule has 74 valence electrons. The quantitative estimate of drug-likeness (QED) is 0.696. The summed E-state index contributed by atoms with van der Waals surface area (Å²) in [5.74, 6) is 0.676. The van der Waals surface area contributed by atoms with Crippen LogP contribution in [0.3, 0.4) is 0 Å². The van der Waals surface area contributed by atoms with Gasteiger partial charge < -0.3 is 0 Å². The molecule has 2 nitrogen and oxygen atoms in total. The van der Waals surface area contributed by atoms with Gasteiger partial charge in [-0.05, 0) is 24.8 Å². The largest absolute Gasteiger partial charge is 0.269 e. The van der Waals surface area contributed by atoms with Crippen molar-refractivity contribution in [2.24, 2.45) is 5.92 Å². The monoisotopic (exact) mass is 180 g/mol. The molecule has 0 aliphatic rings. The molecule has 0 amide bonds. The van der Waals surface area contributed by atoms with Crippen molar-refractivity contribution in [1.82, 2.24) is 9.78 Å². The van der Waals surface area contributed by atoms with Crippen LogP contribution in [0.4, 0.5) is 0 Å². The molecule has 13 heavy (non-hydrogen) atoms. The molecule has 0 saturated heterocycles. The predicted molar refractivity (Wildman–Crippen MR) is 55.8 cm³/mol. The number of nitrogens with zero attached hydrogens (tertiary/aromatic N) is 2. The summed E-state index contributed by atoms with van der Waals surface area (Å²) in [7, 11) is 0. The summed E-state index contributed by atoms with van der Waals surface area (Å²) in [5.41, 5.74) is 2.59. The Balaban J connectivity index is 2.84. The first-order chi connectivity index (χ1) is 6.17. The maximum Gasteiger partial charge on any atom is 0.0624 e. The first-order valence-electron chi connectivity index (χ1n) is 5.23. The fourth-order valence-corrected chi connectivity index (χ4v) is 1.48. The summed E-state index contributed by atoms with van der Waals surface area (Å²) in [6, 6.07) is 2.22. The van der Waals surface area contributed by atoms with Crippen LogP contribution >= 0.6 is 0 Å². The average Bonchev–Trinajstić information content (AvgIpc) is 2.46. The molecule has 0 aliphatic carbocycles. The lowest BCUT2D eigenvalue weighted by atomic mass is 10.2. The SMILES string of the molecule is CCc1cc(CC)n(CC(C)C)n1. The molecule has 0 unspecified atom stereocenters. The van der Waals surface area contributed by atoms with E-state index in [1.165, 1.54) is 11.4 Å². The van der Waals surface area contributed by atoms with E-state index in [0.29, 0.717) is 5.92 Å². The van der Waals surface area contributed by atoms with E-state index in [9.17, 15) is 0 Å². The summed E-state index contributed by atoms with van der Waals surface area (Å²) in [6.45, 7) is 9.84. The topological polar surface area (TPSA) is 17.8 Å². The van der Waals surface area contributed by atoms with E-state index < -0.39 is 0 Å². The van der Waals surface area contributed by atoms with E-state index in [1.54, 1.807) is 0 Å². The molecule has 1 rings (SSSR count). The minimum absolute atomic E-state index is 0.676. The Morgan fingerprint density at radius 2 is 2.00 bits per heavy atom. The van der Waals surface area contributed by atoms with Crippen LogP contribution in [0.1, 0.15) is 39.1 Å². The fraction of sp³-hybridized carbons (Fsp3) is 0.727. The smallest absolute Gasteiger partial charge is 0.0624 e. The van der Waals surface area contributed by atoms with E-state index in [4.69, 9.17) is 0 Å². The van der Waals surface area contributed by atoms with E-state index in [1.807, 2.05) is 0 Å². The summed E-state index contributed by atoms with van der Waals surface area (Å²) in [6.07, 6.45) is 2.12. The Bertz CT molecular complexity index is 261. The molecule has 0 atom stereocenters. The molecule has 0 aromatic carbocycles. The standard InChI is InChI=1S/C11H20N2/c1-5-10-7-11(6-2)13(12-10)8-9(3)4/h7,9H,5-6,8H2,1-4H3. The zero-order valence-corrected chi connectivity index (χ0v) is 9.17. The molecule has 0 spiro atoms. The van der Waals surface area contributed by atoms with E-state index in [2.05, 4.69) is 43.5 Å². The lowest BCUT2D eigenvalue weighted by Gasteiger charge is -2.07. The van der Waals surface area contributed by atoms with Crippen molar-refractivity contribution >= 4 is 0 Å². The van der Waals surface area contributed by atoms with Crippen molar-refractivity contribution < 1.29 is 0 Å². The Morgan fingerprint density at radius 3 is 2.46 bits per heavy atom. The van der Waals surface area contributed by atoms with Crippen molar-refractivity contribution in [3.05, 3.63) is 17.5 Å². The highest BCUT2D eigenvalue weighted by atomic mass is 15.3. The molecule has 1 aromatic heterocycles. The summed E-state index contributed by atoms with van der Waals surface area (Å²) in [4.78, 5) is 0. The molecule has 1 heterocycles. The summed E-state index contributed by atoms with van der Waals surface area (Å²) >= 11 is 0. The van der Waals surface area contributed by atoms with Gasteiger partial charge in [0, 0.05) is 12.2 Å². The zero-order chi connectivity index (χ0) is 9.84. The third-order valence-corrected chi connectivity index (χ3v) is 2.18. The first kappa shape index (κ1) is 10.3. The minimum Gasteiger partial charge on any atom is -0.269 e. The van der Waals surface area contributed by atoms with Gasteiger partial charge in [0.1, 0.15) is 0 Å². The Labute approximate surface area is 81.0 Å². The van der Waals surface area contributed by atoms with Gasteiger partial charge in [-0.15, -0.1) is 0 Å². The van der Waals surface area contributed by atoms with Crippen LogP contribution in [0.2, 0.25) is 0 Å². The molecule has 0 saturated carbocycles. The normalized spacial score (nSPS) is 11.2. The number of hydrogen-bond acceptors (Lipinski definition) is 1. The number of hydrogen-bond donors (Lipinski definition) is 0. The maximum absolute atomic E-state index is 4.56. The lowest BCUT2D eigenvalue weighted by molar-refractivity contribution is 0.467. The lowest BCUT2D eigenvalue weighted by Crippen LogP contribution is -2.09. The molecular formula is C11H20N2. The molecule has 2 heteroatoms. The van der Waals surface area contributed by atoms with Crippen LogP contribution in [0.15, 0.2) is 6.07 Å². The fourth-order valence-electron chi connectivity index (χ4n) is 1.48. The molecular weight excluding hydrogens is 160 g/mol. The highest BCUT2D eigenvalue weighted by molar-refractivity contribution is 5.10. The van der Waals surface area contributed by atoms with Crippen LogP contribution in [0.25, 0.3) is 0 Å². The third-order valence-electron chi connectivity index (χ3n) is 2.18. The Kier molecular flexibility index (Phi) is 3.52. The van der Waals surface area contributed by atoms with Crippen molar-refractivity contribution in [1.29, 1.82) is 0 Å². The van der Waals surface area contributed by atoms with E-state index in [-0.39, 0.29) is 0 Å². The van der Waals surface area contributed by atoms with Crippen LogP contribution in [-0.4, -0.2) is 9.78 Å². The minimum atomic E-state index is 0.676. The van der Waals surface area contributed by atoms with Gasteiger partial charge in [0.2, 0.25) is 0 Å². The second-order valence-corrected chi connectivity index (χ2v) is 3.91. The predicted octanol–water partition coefficient (Wildman–Crippen LogP) is 2.66. The van der Waals surface area contributed by atoms with Crippen molar-refractivity contribution in [3.63, 3.8) is 0 Å². The van der Waals surface area contributed by atoms with E-state index >= 15 is 0 Å². The van der Waals surface area contributed by atoms with Crippen LogP contribution < -0.4 is 0 Å². The van der Waals surface area contributed by atoms with Gasteiger partial charge in [0.25, 0.3) is 0 Å². The highest BCUT2D eigenvalue weighted by Crippen LogP contribution is 2.08. The van der Waals surface area contributed by atoms with Crippen molar-refractivity contribution in [3.8, 4) is 0 Å². The molecule has 0 N–H and O–H groups in total. The zero-order valence-electron chi connectivity index (χ0n) is 9.17. The molecule has 0 fully saturated rings. The van der Waals surface area contributed by atoms with Gasteiger partial charge in [0.05, 0.1) is 5.69 Å². The molecule has 1 aromatic rings.